The first-order chi connectivity index (χ1) is 9.77. The van der Waals surface area contributed by atoms with E-state index < -0.39 is 17.9 Å². The highest BCUT2D eigenvalue weighted by Crippen LogP contribution is 2.25. The number of nitrogens with zero attached hydrogens (tertiary/aromatic N) is 1. The van der Waals surface area contributed by atoms with E-state index in [2.05, 4.69) is 10.6 Å². The molecule has 0 aliphatic heterocycles. The van der Waals surface area contributed by atoms with Gasteiger partial charge in [0.05, 0.1) is 6.54 Å². The normalized spacial score (nSPS) is 12.0. The van der Waals surface area contributed by atoms with Gasteiger partial charge in [-0.05, 0) is 19.8 Å². The molecule has 1 heterocycles. The molecule has 1 aromatic heterocycles. The van der Waals surface area contributed by atoms with E-state index in [1.807, 2.05) is 6.07 Å². The van der Waals surface area contributed by atoms with Gasteiger partial charge in [0.2, 0.25) is 11.8 Å². The van der Waals surface area contributed by atoms with Crippen LogP contribution >= 0.6 is 0 Å². The van der Waals surface area contributed by atoms with Gasteiger partial charge >= 0.3 is 5.97 Å². The average Bonchev–Trinajstić information content (AvgIpc) is 2.63. The Hall–Kier alpha value is -2.33. The number of carboxylic acids is 1. The molecule has 7 nitrogen and oxygen atoms in total. The van der Waals surface area contributed by atoms with E-state index in [1.54, 1.807) is 27.7 Å². The number of anilines is 1. The summed E-state index contributed by atoms with van der Waals surface area (Å²) in [5.41, 5.74) is 0.950. The Balaban J connectivity index is 2.69. The molecule has 21 heavy (non-hydrogen) atoms. The second-order valence-corrected chi connectivity index (χ2v) is 5.09. The third-order valence-corrected chi connectivity index (χ3v) is 3.17. The molecule has 1 aromatic rings. The van der Waals surface area contributed by atoms with Crippen LogP contribution in [0, 0.1) is 31.1 Å². The Morgan fingerprint density at radius 3 is 2.48 bits per heavy atom. The van der Waals surface area contributed by atoms with Crippen molar-refractivity contribution >= 4 is 17.8 Å². The summed E-state index contributed by atoms with van der Waals surface area (Å²) in [7, 11) is 0. The summed E-state index contributed by atoms with van der Waals surface area (Å²) in [5.74, 6) is -0.985. The van der Waals surface area contributed by atoms with Gasteiger partial charge in [-0.2, -0.15) is 5.26 Å². The molecule has 0 aliphatic carbocycles. The standard InChI is InChI=1S/C14H19N3O4/c1-7(2)12(14(19)20)16-6-11(18)17-13-10(5-15)8(3)9(4)21-13/h7,12,16H,6H2,1-4H3,(H,17,18)(H,19,20). The Morgan fingerprint density at radius 2 is 2.00 bits per heavy atom. The van der Waals surface area contributed by atoms with Crippen LogP contribution in [-0.2, 0) is 9.59 Å². The summed E-state index contributed by atoms with van der Waals surface area (Å²) < 4.78 is 5.31. The van der Waals surface area contributed by atoms with Crippen molar-refractivity contribution in [3.05, 3.63) is 16.9 Å². The van der Waals surface area contributed by atoms with Gasteiger partial charge < -0.3 is 9.52 Å². The molecule has 1 rings (SSSR count). The van der Waals surface area contributed by atoms with Gasteiger partial charge in [0.15, 0.2) is 0 Å². The number of nitrogens with one attached hydrogen (secondary N) is 2. The predicted octanol–water partition coefficient (Wildman–Crippen LogP) is 1.41. The fraction of sp³-hybridized carbons (Fsp3) is 0.500. The van der Waals surface area contributed by atoms with Crippen LogP contribution in [-0.4, -0.2) is 29.6 Å². The molecule has 1 atom stereocenters. The predicted molar refractivity (Wildman–Crippen MR) is 75.8 cm³/mol. The molecule has 0 radical (unpaired) electrons. The maximum absolute atomic E-state index is 11.8. The zero-order valence-electron chi connectivity index (χ0n) is 12.5. The van der Waals surface area contributed by atoms with Crippen molar-refractivity contribution < 1.29 is 19.1 Å². The Labute approximate surface area is 122 Å². The number of rotatable bonds is 6. The van der Waals surface area contributed by atoms with E-state index in [9.17, 15) is 9.59 Å². The zero-order valence-corrected chi connectivity index (χ0v) is 12.5. The van der Waals surface area contributed by atoms with E-state index in [0.717, 1.165) is 0 Å². The largest absolute Gasteiger partial charge is 0.480 e. The molecular weight excluding hydrogens is 274 g/mol. The molecule has 1 unspecified atom stereocenters. The zero-order chi connectivity index (χ0) is 16.2. The number of nitriles is 1. The number of furan rings is 1. The molecule has 3 N–H and O–H groups in total. The third-order valence-electron chi connectivity index (χ3n) is 3.17. The lowest BCUT2D eigenvalue weighted by molar-refractivity contribution is -0.140. The topological polar surface area (TPSA) is 115 Å². The van der Waals surface area contributed by atoms with Crippen LogP contribution in [0.25, 0.3) is 0 Å². The summed E-state index contributed by atoms with van der Waals surface area (Å²) >= 11 is 0. The summed E-state index contributed by atoms with van der Waals surface area (Å²) in [6.45, 7) is 6.74. The van der Waals surface area contributed by atoms with Gasteiger partial charge in [-0.3, -0.25) is 20.2 Å². The summed E-state index contributed by atoms with van der Waals surface area (Å²) in [6, 6.07) is 1.15. The van der Waals surface area contributed by atoms with Crippen LogP contribution < -0.4 is 10.6 Å². The summed E-state index contributed by atoms with van der Waals surface area (Å²) in [6.07, 6.45) is 0. The molecule has 0 fully saturated rings. The van der Waals surface area contributed by atoms with Crippen molar-refractivity contribution in [1.29, 1.82) is 5.26 Å². The number of hydrogen-bond donors (Lipinski definition) is 3. The molecule has 0 saturated heterocycles. The third kappa shape index (κ3) is 4.07. The Bertz CT molecular complexity index is 584. The number of amides is 1. The first kappa shape index (κ1) is 16.7. The molecule has 0 spiro atoms. The van der Waals surface area contributed by atoms with Crippen molar-refractivity contribution in [3.8, 4) is 6.07 Å². The summed E-state index contributed by atoms with van der Waals surface area (Å²) in [5, 5.41) is 23.2. The monoisotopic (exact) mass is 293 g/mol. The molecule has 0 saturated carbocycles. The lowest BCUT2D eigenvalue weighted by atomic mass is 10.1. The Morgan fingerprint density at radius 1 is 1.38 bits per heavy atom. The maximum Gasteiger partial charge on any atom is 0.320 e. The van der Waals surface area contributed by atoms with Gasteiger partial charge in [-0.25, -0.2) is 0 Å². The minimum atomic E-state index is -1.01. The van der Waals surface area contributed by atoms with Crippen LogP contribution in [0.2, 0.25) is 0 Å². The van der Waals surface area contributed by atoms with Crippen molar-refractivity contribution in [2.75, 3.05) is 11.9 Å². The van der Waals surface area contributed by atoms with Crippen LogP contribution in [0.4, 0.5) is 5.88 Å². The van der Waals surface area contributed by atoms with Crippen LogP contribution in [0.5, 0.6) is 0 Å². The fourth-order valence-electron chi connectivity index (χ4n) is 1.83. The van der Waals surface area contributed by atoms with Gasteiger partial charge in [0.25, 0.3) is 0 Å². The van der Waals surface area contributed by atoms with Crippen LogP contribution in [0.15, 0.2) is 4.42 Å². The highest BCUT2D eigenvalue weighted by molar-refractivity contribution is 5.92. The minimum absolute atomic E-state index is 0.0933. The van der Waals surface area contributed by atoms with E-state index in [0.29, 0.717) is 11.3 Å². The first-order valence-electron chi connectivity index (χ1n) is 6.54. The lowest BCUT2D eigenvalue weighted by Crippen LogP contribution is -2.44. The van der Waals surface area contributed by atoms with Crippen molar-refractivity contribution in [2.24, 2.45) is 5.92 Å². The van der Waals surface area contributed by atoms with Gasteiger partial charge in [0.1, 0.15) is 23.4 Å². The molecule has 0 aliphatic rings. The second-order valence-electron chi connectivity index (χ2n) is 5.09. The van der Waals surface area contributed by atoms with Crippen molar-refractivity contribution in [2.45, 2.75) is 33.7 Å². The lowest BCUT2D eigenvalue weighted by Gasteiger charge is -2.17. The van der Waals surface area contributed by atoms with Crippen molar-refractivity contribution in [1.82, 2.24) is 5.32 Å². The van der Waals surface area contributed by atoms with Crippen LogP contribution in [0.1, 0.15) is 30.7 Å². The van der Waals surface area contributed by atoms with E-state index >= 15 is 0 Å². The van der Waals surface area contributed by atoms with Crippen molar-refractivity contribution in [3.63, 3.8) is 0 Å². The summed E-state index contributed by atoms with van der Waals surface area (Å²) in [4.78, 5) is 22.8. The quantitative estimate of drug-likeness (QED) is 0.730. The second kappa shape index (κ2) is 6.90. The van der Waals surface area contributed by atoms with Gasteiger partial charge in [-0.1, -0.05) is 13.8 Å². The number of aryl methyl sites for hydroxylation is 1. The molecule has 0 bridgehead atoms. The van der Waals surface area contributed by atoms with E-state index in [4.69, 9.17) is 14.8 Å². The number of hydrogen-bond acceptors (Lipinski definition) is 5. The van der Waals surface area contributed by atoms with Crippen LogP contribution in [0.3, 0.4) is 0 Å². The van der Waals surface area contributed by atoms with Gasteiger partial charge in [-0.15, -0.1) is 0 Å². The highest BCUT2D eigenvalue weighted by Gasteiger charge is 2.22. The molecule has 1 amide bonds. The average molecular weight is 293 g/mol. The molecular formula is C14H19N3O4. The SMILES string of the molecule is Cc1oc(NC(=O)CNC(C(=O)O)C(C)C)c(C#N)c1C. The number of carbonyl (C=O) groups is 2. The molecule has 0 aromatic carbocycles. The fourth-order valence-corrected chi connectivity index (χ4v) is 1.83. The number of aliphatic carboxylic acids is 1. The van der Waals surface area contributed by atoms with E-state index in [-0.39, 0.29) is 23.9 Å². The maximum atomic E-state index is 11.8. The smallest absolute Gasteiger partial charge is 0.320 e. The van der Waals surface area contributed by atoms with E-state index in [1.165, 1.54) is 0 Å². The molecule has 7 heteroatoms. The van der Waals surface area contributed by atoms with Gasteiger partial charge in [0, 0.05) is 5.56 Å². The number of carboxylic acid groups (broad SMARTS) is 1. The first-order valence-corrected chi connectivity index (χ1v) is 6.54. The highest BCUT2D eigenvalue weighted by atomic mass is 16.4. The number of carbonyl (C=O) groups excluding carboxylic acids is 1. The Kier molecular flexibility index (Phi) is 5.50. The molecule has 114 valence electrons. The minimum Gasteiger partial charge on any atom is -0.480 e.